The number of ether oxygens (including phenoxy) is 1. The minimum Gasteiger partial charge on any atom is -0.465 e. The van der Waals surface area contributed by atoms with Crippen LogP contribution in [0.4, 0.5) is 5.69 Å². The second-order valence-electron chi connectivity index (χ2n) is 2.65. The number of thioether (sulfide) groups is 1. The number of methoxy groups -OCH3 is 1. The van der Waals surface area contributed by atoms with Gasteiger partial charge in [0.2, 0.25) is 0 Å². The molecule has 0 aliphatic carbocycles. The summed E-state index contributed by atoms with van der Waals surface area (Å²) in [5.74, 6) is 0.534. The van der Waals surface area contributed by atoms with Gasteiger partial charge in [-0.25, -0.2) is 4.79 Å². The zero-order chi connectivity index (χ0) is 10.6. The lowest BCUT2D eigenvalue weighted by molar-refractivity contribution is 0.0597. The Bertz CT molecular complexity index is 339. The van der Waals surface area contributed by atoms with E-state index in [2.05, 4.69) is 4.74 Å². The number of rotatable bonds is 3. The molecule has 4 heteroatoms. The monoisotopic (exact) mass is 211 g/mol. The van der Waals surface area contributed by atoms with Crippen LogP contribution in [0, 0.1) is 0 Å². The summed E-state index contributed by atoms with van der Waals surface area (Å²) in [6, 6.07) is 5.26. The number of nitrogen functional groups attached to an aromatic ring is 1. The van der Waals surface area contributed by atoms with Gasteiger partial charge in [0.15, 0.2) is 0 Å². The smallest absolute Gasteiger partial charge is 0.339 e. The first-order chi connectivity index (χ1) is 6.70. The van der Waals surface area contributed by atoms with E-state index in [1.165, 1.54) is 7.11 Å². The predicted molar refractivity (Wildman–Crippen MR) is 58.6 cm³/mol. The van der Waals surface area contributed by atoms with Gasteiger partial charge in [-0.3, -0.25) is 0 Å². The molecule has 0 atom stereocenters. The van der Waals surface area contributed by atoms with Crippen molar-refractivity contribution in [2.45, 2.75) is 11.8 Å². The maximum absolute atomic E-state index is 11.4. The van der Waals surface area contributed by atoms with Gasteiger partial charge < -0.3 is 10.5 Å². The minimum absolute atomic E-state index is 0.340. The number of nitrogens with two attached hydrogens (primary N) is 1. The first-order valence-corrected chi connectivity index (χ1v) is 5.28. The molecule has 0 amide bonds. The van der Waals surface area contributed by atoms with E-state index < -0.39 is 0 Å². The molecule has 0 saturated heterocycles. The molecule has 0 aromatic heterocycles. The Labute approximate surface area is 87.6 Å². The van der Waals surface area contributed by atoms with Crippen molar-refractivity contribution in [2.75, 3.05) is 18.6 Å². The van der Waals surface area contributed by atoms with Crippen LogP contribution in [-0.2, 0) is 4.74 Å². The number of hydrogen-bond donors (Lipinski definition) is 1. The zero-order valence-electron chi connectivity index (χ0n) is 8.24. The summed E-state index contributed by atoms with van der Waals surface area (Å²) in [7, 11) is 1.37. The van der Waals surface area contributed by atoms with Crippen molar-refractivity contribution in [3.8, 4) is 0 Å². The minimum atomic E-state index is -0.340. The summed E-state index contributed by atoms with van der Waals surface area (Å²) in [5, 5.41) is 0. The lowest BCUT2D eigenvalue weighted by Gasteiger charge is -2.08. The molecule has 2 N–H and O–H groups in total. The third-order valence-corrected chi connectivity index (χ3v) is 2.77. The highest BCUT2D eigenvalue weighted by Gasteiger charge is 2.13. The SMILES string of the molecule is CCSc1c(N)cccc1C(=O)OC. The Morgan fingerprint density at radius 2 is 2.29 bits per heavy atom. The molecule has 0 radical (unpaired) electrons. The second-order valence-corrected chi connectivity index (χ2v) is 3.92. The van der Waals surface area contributed by atoms with Gasteiger partial charge in [-0.2, -0.15) is 0 Å². The van der Waals surface area contributed by atoms with E-state index in [9.17, 15) is 4.79 Å². The van der Waals surface area contributed by atoms with Crippen molar-refractivity contribution in [3.05, 3.63) is 23.8 Å². The van der Waals surface area contributed by atoms with Gasteiger partial charge in [0.1, 0.15) is 0 Å². The van der Waals surface area contributed by atoms with Crippen LogP contribution in [-0.4, -0.2) is 18.8 Å². The van der Waals surface area contributed by atoms with E-state index in [-0.39, 0.29) is 5.97 Å². The highest BCUT2D eigenvalue weighted by atomic mass is 32.2. The molecule has 0 heterocycles. The van der Waals surface area contributed by atoms with Crippen molar-refractivity contribution in [3.63, 3.8) is 0 Å². The summed E-state index contributed by atoms with van der Waals surface area (Å²) < 4.78 is 4.67. The van der Waals surface area contributed by atoms with Crippen molar-refractivity contribution in [2.24, 2.45) is 0 Å². The van der Waals surface area contributed by atoms with Crippen molar-refractivity contribution in [1.29, 1.82) is 0 Å². The molecule has 0 saturated carbocycles. The van der Waals surface area contributed by atoms with Gasteiger partial charge in [0.05, 0.1) is 12.7 Å². The Morgan fingerprint density at radius 1 is 1.57 bits per heavy atom. The zero-order valence-corrected chi connectivity index (χ0v) is 9.06. The van der Waals surface area contributed by atoms with Crippen LogP contribution in [0.3, 0.4) is 0 Å². The molecule has 1 aromatic rings. The lowest BCUT2D eigenvalue weighted by atomic mass is 10.2. The Kier molecular flexibility index (Phi) is 3.83. The van der Waals surface area contributed by atoms with Crippen LogP contribution >= 0.6 is 11.8 Å². The van der Waals surface area contributed by atoms with Crippen LogP contribution in [0.2, 0.25) is 0 Å². The van der Waals surface area contributed by atoms with Gasteiger partial charge in [0.25, 0.3) is 0 Å². The van der Waals surface area contributed by atoms with Gasteiger partial charge in [-0.1, -0.05) is 13.0 Å². The number of esters is 1. The molecule has 0 aliphatic heterocycles. The fourth-order valence-corrected chi connectivity index (χ4v) is 1.96. The van der Waals surface area contributed by atoms with Crippen molar-refractivity contribution in [1.82, 2.24) is 0 Å². The Hall–Kier alpha value is -1.16. The van der Waals surface area contributed by atoms with E-state index in [1.54, 1.807) is 30.0 Å². The molecule has 1 rings (SSSR count). The summed E-state index contributed by atoms with van der Waals surface area (Å²) in [5.41, 5.74) is 6.94. The van der Waals surface area contributed by atoms with Crippen LogP contribution in [0.5, 0.6) is 0 Å². The number of carbonyl (C=O) groups excluding carboxylic acids is 1. The highest BCUT2D eigenvalue weighted by molar-refractivity contribution is 7.99. The molecular weight excluding hydrogens is 198 g/mol. The van der Waals surface area contributed by atoms with Crippen LogP contribution in [0.1, 0.15) is 17.3 Å². The Balaban J connectivity index is 3.13. The van der Waals surface area contributed by atoms with Gasteiger partial charge in [-0.15, -0.1) is 11.8 Å². The molecule has 0 fully saturated rings. The van der Waals surface area contributed by atoms with E-state index >= 15 is 0 Å². The molecule has 14 heavy (non-hydrogen) atoms. The van der Waals surface area contributed by atoms with Crippen LogP contribution in [0.15, 0.2) is 23.1 Å². The lowest BCUT2D eigenvalue weighted by Crippen LogP contribution is -2.05. The second kappa shape index (κ2) is 4.91. The molecule has 0 bridgehead atoms. The van der Waals surface area contributed by atoms with Gasteiger partial charge >= 0.3 is 5.97 Å². The van der Waals surface area contributed by atoms with E-state index in [1.807, 2.05) is 6.92 Å². The van der Waals surface area contributed by atoms with E-state index in [0.29, 0.717) is 11.3 Å². The van der Waals surface area contributed by atoms with E-state index in [4.69, 9.17) is 5.73 Å². The third-order valence-electron chi connectivity index (χ3n) is 1.74. The maximum atomic E-state index is 11.4. The number of carbonyl (C=O) groups is 1. The van der Waals surface area contributed by atoms with Crippen LogP contribution in [0.25, 0.3) is 0 Å². The largest absolute Gasteiger partial charge is 0.465 e. The Morgan fingerprint density at radius 3 is 2.86 bits per heavy atom. The molecule has 0 aliphatic rings. The van der Waals surface area contributed by atoms with Gasteiger partial charge in [0, 0.05) is 10.6 Å². The number of anilines is 1. The fourth-order valence-electron chi connectivity index (χ4n) is 1.13. The first-order valence-electron chi connectivity index (χ1n) is 4.30. The number of benzene rings is 1. The third kappa shape index (κ3) is 2.20. The van der Waals surface area contributed by atoms with Crippen molar-refractivity contribution < 1.29 is 9.53 Å². The van der Waals surface area contributed by atoms with Gasteiger partial charge in [-0.05, 0) is 17.9 Å². The first kappa shape index (κ1) is 10.9. The molecule has 3 nitrogen and oxygen atoms in total. The normalized spacial score (nSPS) is 9.86. The standard InChI is InChI=1S/C10H13NO2S/c1-3-14-9-7(10(12)13-2)5-4-6-8(9)11/h4-6H,3,11H2,1-2H3. The predicted octanol–water partition coefficient (Wildman–Crippen LogP) is 2.17. The van der Waals surface area contributed by atoms with Crippen molar-refractivity contribution >= 4 is 23.4 Å². The molecule has 76 valence electrons. The van der Waals surface area contributed by atoms with Crippen LogP contribution < -0.4 is 5.73 Å². The summed E-state index contributed by atoms with van der Waals surface area (Å²) in [6.45, 7) is 2.01. The molecule has 0 unspecified atom stereocenters. The molecular formula is C10H13NO2S. The molecule has 1 aromatic carbocycles. The average molecular weight is 211 g/mol. The topological polar surface area (TPSA) is 52.3 Å². The summed E-state index contributed by atoms with van der Waals surface area (Å²) >= 11 is 1.55. The average Bonchev–Trinajstić information content (AvgIpc) is 2.20. The fraction of sp³-hybridized carbons (Fsp3) is 0.300. The summed E-state index contributed by atoms with van der Waals surface area (Å²) in [6.07, 6.45) is 0. The highest BCUT2D eigenvalue weighted by Crippen LogP contribution is 2.29. The maximum Gasteiger partial charge on any atom is 0.339 e. The summed E-state index contributed by atoms with van der Waals surface area (Å²) in [4.78, 5) is 12.2. The van der Waals surface area contributed by atoms with E-state index in [0.717, 1.165) is 10.6 Å². The number of hydrogen-bond acceptors (Lipinski definition) is 4. The quantitative estimate of drug-likeness (QED) is 0.473. The molecule has 0 spiro atoms.